The molecule has 0 spiro atoms. The summed E-state index contributed by atoms with van der Waals surface area (Å²) in [5.41, 5.74) is 14.4. The van der Waals surface area contributed by atoms with Crippen LogP contribution in [-0.2, 0) is 0 Å². The van der Waals surface area contributed by atoms with E-state index in [1.165, 1.54) is 49.4 Å². The van der Waals surface area contributed by atoms with Crippen molar-refractivity contribution in [2.75, 3.05) is 4.90 Å². The number of rotatable bonds is 7. The molecule has 10 aromatic carbocycles. The Morgan fingerprint density at radius 2 is 0.897 bits per heavy atom. The molecule has 0 atom stereocenters. The Kier molecular flexibility index (Phi) is 8.19. The van der Waals surface area contributed by atoms with E-state index in [1.807, 2.05) is 12.1 Å². The first-order valence-electron chi connectivity index (χ1n) is 19.8. The van der Waals surface area contributed by atoms with E-state index in [2.05, 4.69) is 217 Å². The lowest BCUT2D eigenvalue weighted by Crippen LogP contribution is -2.11. The van der Waals surface area contributed by atoms with Crippen molar-refractivity contribution in [3.63, 3.8) is 0 Å². The summed E-state index contributed by atoms with van der Waals surface area (Å²) in [6.45, 7) is 0. The van der Waals surface area contributed by atoms with Crippen LogP contribution in [0.2, 0.25) is 0 Å². The average Bonchev–Trinajstić information content (AvgIpc) is 3.67. The lowest BCUT2D eigenvalue weighted by atomic mass is 9.90. The van der Waals surface area contributed by atoms with Crippen molar-refractivity contribution < 1.29 is 4.42 Å². The van der Waals surface area contributed by atoms with Crippen LogP contribution in [0.5, 0.6) is 0 Å². The molecule has 0 fully saturated rings. The maximum Gasteiger partial charge on any atom is 0.136 e. The van der Waals surface area contributed by atoms with Gasteiger partial charge in [0.05, 0.1) is 5.69 Å². The van der Waals surface area contributed by atoms with Gasteiger partial charge in [0.15, 0.2) is 0 Å². The fraction of sp³-hybridized carbons (Fsp3) is 0. The van der Waals surface area contributed by atoms with Crippen LogP contribution < -0.4 is 4.90 Å². The molecule has 11 aromatic rings. The van der Waals surface area contributed by atoms with Crippen LogP contribution >= 0.6 is 0 Å². The Hall–Kier alpha value is -7.68. The minimum atomic E-state index is 0.890. The van der Waals surface area contributed by atoms with E-state index in [0.29, 0.717) is 0 Å². The summed E-state index contributed by atoms with van der Waals surface area (Å²) in [6, 6.07) is 80.8. The lowest BCUT2D eigenvalue weighted by molar-refractivity contribution is 0.669. The van der Waals surface area contributed by atoms with E-state index in [-0.39, 0.29) is 0 Å². The Morgan fingerprint density at radius 1 is 0.293 bits per heavy atom. The van der Waals surface area contributed by atoms with E-state index in [9.17, 15) is 0 Å². The predicted octanol–water partition coefficient (Wildman–Crippen LogP) is 16.0. The minimum absolute atomic E-state index is 0.890. The van der Waals surface area contributed by atoms with E-state index in [0.717, 1.165) is 55.7 Å². The van der Waals surface area contributed by atoms with Crippen molar-refractivity contribution in [3.05, 3.63) is 224 Å². The number of hydrogen-bond donors (Lipinski definition) is 0. The van der Waals surface area contributed by atoms with Gasteiger partial charge in [-0.05, 0) is 115 Å². The second-order valence-corrected chi connectivity index (χ2v) is 14.9. The van der Waals surface area contributed by atoms with Crippen molar-refractivity contribution in [2.45, 2.75) is 0 Å². The van der Waals surface area contributed by atoms with E-state index < -0.39 is 0 Å². The molecule has 0 aliphatic carbocycles. The molecule has 0 amide bonds. The van der Waals surface area contributed by atoms with E-state index in [4.69, 9.17) is 4.42 Å². The van der Waals surface area contributed by atoms with Crippen LogP contribution in [0.1, 0.15) is 0 Å². The number of hydrogen-bond acceptors (Lipinski definition) is 2. The Bertz CT molecular complexity index is 3280. The van der Waals surface area contributed by atoms with Crippen molar-refractivity contribution in [2.24, 2.45) is 0 Å². The van der Waals surface area contributed by atoms with Crippen LogP contribution in [-0.4, -0.2) is 0 Å². The molecular weight excluding hydrogens is 703 g/mol. The predicted molar refractivity (Wildman–Crippen MR) is 245 cm³/mol. The zero-order chi connectivity index (χ0) is 38.4. The Labute approximate surface area is 337 Å². The third-order valence-corrected chi connectivity index (χ3v) is 11.4. The second kappa shape index (κ2) is 14.1. The van der Waals surface area contributed by atoms with Gasteiger partial charge in [0.1, 0.15) is 11.2 Å². The van der Waals surface area contributed by atoms with Gasteiger partial charge >= 0.3 is 0 Å². The normalized spacial score (nSPS) is 11.4. The summed E-state index contributed by atoms with van der Waals surface area (Å²) in [7, 11) is 0. The lowest BCUT2D eigenvalue weighted by Gasteiger charge is -2.29. The summed E-state index contributed by atoms with van der Waals surface area (Å²) in [4.78, 5) is 2.41. The third kappa shape index (κ3) is 5.91. The summed E-state index contributed by atoms with van der Waals surface area (Å²) in [5, 5.41) is 7.20. The van der Waals surface area contributed by atoms with Gasteiger partial charge in [-0.25, -0.2) is 0 Å². The molecule has 1 heterocycles. The number of anilines is 3. The third-order valence-electron chi connectivity index (χ3n) is 11.4. The minimum Gasteiger partial charge on any atom is -0.456 e. The van der Waals surface area contributed by atoms with Gasteiger partial charge in [0.25, 0.3) is 0 Å². The van der Waals surface area contributed by atoms with Crippen LogP contribution in [0, 0.1) is 0 Å². The molecule has 2 heteroatoms. The maximum atomic E-state index is 6.33. The molecule has 1 aromatic heterocycles. The topological polar surface area (TPSA) is 16.4 Å². The molecule has 0 unspecified atom stereocenters. The highest BCUT2D eigenvalue weighted by atomic mass is 16.3. The fourth-order valence-corrected chi connectivity index (χ4v) is 8.65. The molecule has 272 valence electrons. The summed E-state index contributed by atoms with van der Waals surface area (Å²) in [5.74, 6) is 0. The number of para-hydroxylation sites is 2. The summed E-state index contributed by atoms with van der Waals surface area (Å²) >= 11 is 0. The van der Waals surface area contributed by atoms with Crippen LogP contribution in [0.3, 0.4) is 0 Å². The highest BCUT2D eigenvalue weighted by molar-refractivity contribution is 6.09. The molecule has 0 saturated heterocycles. The van der Waals surface area contributed by atoms with Gasteiger partial charge in [-0.1, -0.05) is 170 Å². The van der Waals surface area contributed by atoms with Gasteiger partial charge in [0, 0.05) is 27.7 Å². The molecule has 2 nitrogen and oxygen atoms in total. The monoisotopic (exact) mass is 739 g/mol. The standard InChI is InChI=1S/C56H37NO/c1-2-14-40(15-3-1)48-23-11-17-41-18-12-24-52(56(41)48)49-21-6-8-25-53(49)57(46-32-29-39(30-33-46)44-28-27-38-13-4-5-16-42(38)35-44)47-20-10-19-43(36-47)45-31-34-51-50-22-7-9-26-54(50)58-55(51)37-45/h1-37H. The van der Waals surface area contributed by atoms with E-state index >= 15 is 0 Å². The molecular formula is C56H37NO. The number of furan rings is 1. The van der Waals surface area contributed by atoms with Gasteiger partial charge in [0.2, 0.25) is 0 Å². The number of fused-ring (bicyclic) bond motifs is 5. The average molecular weight is 740 g/mol. The van der Waals surface area contributed by atoms with Gasteiger partial charge < -0.3 is 9.32 Å². The zero-order valence-corrected chi connectivity index (χ0v) is 31.7. The van der Waals surface area contributed by atoms with Crippen molar-refractivity contribution >= 4 is 60.5 Å². The summed E-state index contributed by atoms with van der Waals surface area (Å²) < 4.78 is 6.33. The first-order chi connectivity index (χ1) is 28.7. The van der Waals surface area contributed by atoms with Crippen molar-refractivity contribution in [1.82, 2.24) is 0 Å². The number of nitrogens with zero attached hydrogens (tertiary/aromatic N) is 1. The van der Waals surface area contributed by atoms with Gasteiger partial charge in [-0.2, -0.15) is 0 Å². The van der Waals surface area contributed by atoms with Gasteiger partial charge in [-0.3, -0.25) is 0 Å². The van der Waals surface area contributed by atoms with Crippen LogP contribution in [0.15, 0.2) is 229 Å². The molecule has 0 radical (unpaired) electrons. The highest BCUT2D eigenvalue weighted by Crippen LogP contribution is 2.46. The SMILES string of the molecule is c1ccc(-c2cccc3cccc(-c4ccccc4N(c4ccc(-c5ccc6ccccc6c5)cc4)c4cccc(-c5ccc6c(c5)oc5ccccc56)c4)c23)cc1. The number of benzene rings is 10. The summed E-state index contributed by atoms with van der Waals surface area (Å²) in [6.07, 6.45) is 0. The highest BCUT2D eigenvalue weighted by Gasteiger charge is 2.20. The molecule has 0 saturated carbocycles. The van der Waals surface area contributed by atoms with Crippen LogP contribution in [0.25, 0.3) is 88.0 Å². The second-order valence-electron chi connectivity index (χ2n) is 14.9. The Balaban J connectivity index is 1.09. The smallest absolute Gasteiger partial charge is 0.136 e. The van der Waals surface area contributed by atoms with E-state index in [1.54, 1.807) is 0 Å². The van der Waals surface area contributed by atoms with Crippen molar-refractivity contribution in [1.29, 1.82) is 0 Å². The molecule has 11 rings (SSSR count). The molecule has 0 aliphatic heterocycles. The molecule has 0 N–H and O–H groups in total. The molecule has 0 aliphatic rings. The largest absolute Gasteiger partial charge is 0.456 e. The first-order valence-corrected chi connectivity index (χ1v) is 19.8. The van der Waals surface area contributed by atoms with Gasteiger partial charge in [-0.15, -0.1) is 0 Å². The fourth-order valence-electron chi connectivity index (χ4n) is 8.65. The molecule has 58 heavy (non-hydrogen) atoms. The first kappa shape index (κ1) is 33.6. The maximum absolute atomic E-state index is 6.33. The van der Waals surface area contributed by atoms with Crippen molar-refractivity contribution in [3.8, 4) is 44.5 Å². The molecule has 0 bridgehead atoms. The quantitative estimate of drug-likeness (QED) is 0.162. The Morgan fingerprint density at radius 3 is 1.78 bits per heavy atom. The zero-order valence-electron chi connectivity index (χ0n) is 31.7. The van der Waals surface area contributed by atoms with Crippen LogP contribution in [0.4, 0.5) is 17.1 Å².